The lowest BCUT2D eigenvalue weighted by atomic mass is 10.1. The number of halogens is 5. The fourth-order valence-corrected chi connectivity index (χ4v) is 2.29. The number of nitrogens with one attached hydrogen (secondary N) is 1. The monoisotopic (exact) mass is 319 g/mol. The lowest BCUT2D eigenvalue weighted by Crippen LogP contribution is -2.28. The second-order valence-corrected chi connectivity index (χ2v) is 4.99. The van der Waals surface area contributed by atoms with Gasteiger partial charge in [0, 0.05) is 21.3 Å². The van der Waals surface area contributed by atoms with Crippen molar-refractivity contribution in [2.45, 2.75) is 12.2 Å². The summed E-state index contributed by atoms with van der Waals surface area (Å²) in [5.41, 5.74) is 0.299. The minimum absolute atomic E-state index is 0.0248. The molecule has 0 bridgehead atoms. The maximum Gasteiger partial charge on any atom is 0.412 e. The largest absolute Gasteiger partial charge is 0.412 e. The summed E-state index contributed by atoms with van der Waals surface area (Å²) in [5, 5.41) is 2.71. The first-order chi connectivity index (χ1) is 9.38. The van der Waals surface area contributed by atoms with E-state index < -0.39 is 12.2 Å². The minimum Gasteiger partial charge on any atom is -0.370 e. The molecule has 2 aromatic carbocycles. The smallest absolute Gasteiger partial charge is 0.370 e. The van der Waals surface area contributed by atoms with Gasteiger partial charge in [0.15, 0.2) is 0 Å². The Morgan fingerprint density at radius 1 is 0.950 bits per heavy atom. The van der Waals surface area contributed by atoms with Gasteiger partial charge >= 0.3 is 6.18 Å². The number of anilines is 1. The van der Waals surface area contributed by atoms with E-state index in [1.807, 2.05) is 0 Å². The molecule has 0 heterocycles. The van der Waals surface area contributed by atoms with Crippen molar-refractivity contribution in [3.05, 3.63) is 64.1 Å². The molecule has 2 rings (SSSR count). The van der Waals surface area contributed by atoms with Crippen LogP contribution in [0, 0.1) is 0 Å². The van der Waals surface area contributed by atoms with E-state index in [4.69, 9.17) is 23.2 Å². The highest BCUT2D eigenvalue weighted by Crippen LogP contribution is 2.39. The fourth-order valence-electron chi connectivity index (χ4n) is 1.77. The van der Waals surface area contributed by atoms with E-state index in [1.54, 1.807) is 30.3 Å². The highest BCUT2D eigenvalue weighted by Gasteiger charge is 2.41. The summed E-state index contributed by atoms with van der Waals surface area (Å²) in [5.74, 6) is 0. The molecule has 0 aromatic heterocycles. The maximum absolute atomic E-state index is 13.2. The lowest BCUT2D eigenvalue weighted by molar-refractivity contribution is -0.144. The van der Waals surface area contributed by atoms with Crippen molar-refractivity contribution >= 4 is 28.9 Å². The van der Waals surface area contributed by atoms with Gasteiger partial charge in [-0.2, -0.15) is 13.2 Å². The summed E-state index contributed by atoms with van der Waals surface area (Å²) in [4.78, 5) is 0. The van der Waals surface area contributed by atoms with Gasteiger partial charge in [-0.3, -0.25) is 0 Å². The van der Waals surface area contributed by atoms with Gasteiger partial charge in [-0.15, -0.1) is 0 Å². The van der Waals surface area contributed by atoms with Crippen LogP contribution in [0.25, 0.3) is 0 Å². The predicted octanol–water partition coefficient (Wildman–Crippen LogP) is 5.71. The SMILES string of the molecule is FC(F)(F)C(Nc1ccccc1)c1ccc(Cl)cc1Cl. The number of alkyl halides is 3. The van der Waals surface area contributed by atoms with Gasteiger partial charge in [-0.1, -0.05) is 47.5 Å². The molecular formula is C14H10Cl2F3N. The van der Waals surface area contributed by atoms with Crippen LogP contribution in [0.3, 0.4) is 0 Å². The van der Waals surface area contributed by atoms with Crippen LogP contribution in [0.1, 0.15) is 11.6 Å². The van der Waals surface area contributed by atoms with E-state index >= 15 is 0 Å². The molecule has 2 aromatic rings. The zero-order valence-corrected chi connectivity index (χ0v) is 11.6. The Bertz CT molecular complexity index is 585. The summed E-state index contributed by atoms with van der Waals surface area (Å²) < 4.78 is 39.7. The molecule has 0 radical (unpaired) electrons. The quantitative estimate of drug-likeness (QED) is 0.764. The highest BCUT2D eigenvalue weighted by atomic mass is 35.5. The van der Waals surface area contributed by atoms with Crippen LogP contribution < -0.4 is 5.32 Å². The van der Waals surface area contributed by atoms with Gasteiger partial charge in [0.25, 0.3) is 0 Å². The Morgan fingerprint density at radius 2 is 1.60 bits per heavy atom. The van der Waals surface area contributed by atoms with Gasteiger partial charge in [0.1, 0.15) is 6.04 Å². The summed E-state index contributed by atoms with van der Waals surface area (Å²) in [6, 6.07) is 10.2. The summed E-state index contributed by atoms with van der Waals surface area (Å²) >= 11 is 11.6. The molecule has 0 aliphatic rings. The van der Waals surface area contributed by atoms with Gasteiger partial charge in [-0.05, 0) is 24.3 Å². The van der Waals surface area contributed by atoms with Gasteiger partial charge in [-0.25, -0.2) is 0 Å². The number of rotatable bonds is 3. The number of hydrogen-bond donors (Lipinski definition) is 1. The zero-order chi connectivity index (χ0) is 14.8. The van der Waals surface area contributed by atoms with E-state index in [2.05, 4.69) is 5.32 Å². The summed E-state index contributed by atoms with van der Waals surface area (Å²) in [6.45, 7) is 0. The molecule has 1 unspecified atom stereocenters. The molecule has 0 spiro atoms. The Hall–Kier alpha value is -1.39. The first-order valence-electron chi connectivity index (χ1n) is 5.71. The second-order valence-electron chi connectivity index (χ2n) is 4.15. The third-order valence-corrected chi connectivity index (χ3v) is 3.25. The topological polar surface area (TPSA) is 12.0 Å². The maximum atomic E-state index is 13.2. The van der Waals surface area contributed by atoms with Crippen LogP contribution in [0.5, 0.6) is 0 Å². The number of para-hydroxylation sites is 1. The molecular weight excluding hydrogens is 310 g/mol. The van der Waals surface area contributed by atoms with Crippen LogP contribution in [0.4, 0.5) is 18.9 Å². The molecule has 1 N–H and O–H groups in total. The Labute approximate surface area is 124 Å². The van der Waals surface area contributed by atoms with E-state index in [1.165, 1.54) is 18.2 Å². The first kappa shape index (κ1) is 15.0. The van der Waals surface area contributed by atoms with Gasteiger partial charge in [0.05, 0.1) is 0 Å². The van der Waals surface area contributed by atoms with Crippen LogP contribution in [-0.4, -0.2) is 6.18 Å². The first-order valence-corrected chi connectivity index (χ1v) is 6.47. The highest BCUT2D eigenvalue weighted by molar-refractivity contribution is 6.35. The molecule has 1 nitrogen and oxygen atoms in total. The molecule has 0 amide bonds. The van der Waals surface area contributed by atoms with Crippen molar-refractivity contribution in [2.24, 2.45) is 0 Å². The molecule has 0 aliphatic heterocycles. The van der Waals surface area contributed by atoms with Crippen molar-refractivity contribution < 1.29 is 13.2 Å². The van der Waals surface area contributed by atoms with Crippen molar-refractivity contribution in [1.82, 2.24) is 0 Å². The Kier molecular flexibility index (Phi) is 4.45. The standard InChI is InChI=1S/C14H10Cl2F3N/c15-9-6-7-11(12(16)8-9)13(14(17,18)19)20-10-4-2-1-3-5-10/h1-8,13,20H. The number of hydrogen-bond acceptors (Lipinski definition) is 1. The number of benzene rings is 2. The van der Waals surface area contributed by atoms with Crippen LogP contribution in [0.2, 0.25) is 10.0 Å². The Balaban J connectivity index is 2.38. The van der Waals surface area contributed by atoms with E-state index in [-0.39, 0.29) is 10.6 Å². The van der Waals surface area contributed by atoms with Crippen molar-refractivity contribution in [2.75, 3.05) is 5.32 Å². The van der Waals surface area contributed by atoms with E-state index in [9.17, 15) is 13.2 Å². The molecule has 106 valence electrons. The normalized spacial score (nSPS) is 13.1. The average Bonchev–Trinajstić information content (AvgIpc) is 2.37. The van der Waals surface area contributed by atoms with Crippen molar-refractivity contribution in [1.29, 1.82) is 0 Å². The molecule has 6 heteroatoms. The zero-order valence-electron chi connectivity index (χ0n) is 10.1. The van der Waals surface area contributed by atoms with Gasteiger partial charge < -0.3 is 5.32 Å². The molecule has 0 fully saturated rings. The van der Waals surface area contributed by atoms with Gasteiger partial charge in [0.2, 0.25) is 0 Å². The average molecular weight is 320 g/mol. The van der Waals surface area contributed by atoms with E-state index in [0.717, 1.165) is 0 Å². The molecule has 1 atom stereocenters. The molecule has 0 aliphatic carbocycles. The van der Waals surface area contributed by atoms with Crippen LogP contribution in [-0.2, 0) is 0 Å². The van der Waals surface area contributed by atoms with E-state index in [0.29, 0.717) is 10.7 Å². The predicted molar refractivity (Wildman–Crippen MR) is 75.3 cm³/mol. The molecule has 0 saturated carbocycles. The third-order valence-electron chi connectivity index (χ3n) is 2.69. The summed E-state index contributed by atoms with van der Waals surface area (Å²) in [6.07, 6.45) is -4.48. The third kappa shape index (κ3) is 3.58. The van der Waals surface area contributed by atoms with Crippen molar-refractivity contribution in [3.8, 4) is 0 Å². The van der Waals surface area contributed by atoms with Crippen LogP contribution >= 0.6 is 23.2 Å². The minimum atomic E-state index is -4.48. The van der Waals surface area contributed by atoms with Crippen molar-refractivity contribution in [3.63, 3.8) is 0 Å². The lowest BCUT2D eigenvalue weighted by Gasteiger charge is -2.24. The van der Waals surface area contributed by atoms with Crippen LogP contribution in [0.15, 0.2) is 48.5 Å². The fraction of sp³-hybridized carbons (Fsp3) is 0.143. The molecule has 20 heavy (non-hydrogen) atoms. The summed E-state index contributed by atoms with van der Waals surface area (Å²) in [7, 11) is 0. The Morgan fingerprint density at radius 3 is 2.15 bits per heavy atom. The molecule has 0 saturated heterocycles. The second kappa shape index (κ2) is 5.94.